The van der Waals surface area contributed by atoms with Crippen molar-refractivity contribution in [2.75, 3.05) is 13.2 Å². The SMILES string of the molecule is C=C/C=C(\C)COC(=O)[C@H](CCC)NC(=O)OCC1c2ccccc2-c2ccccc21. The zero-order valence-corrected chi connectivity index (χ0v) is 18.1. The largest absolute Gasteiger partial charge is 0.460 e. The number of ether oxygens (including phenoxy) is 2. The Labute approximate surface area is 183 Å². The third-order valence-corrected chi connectivity index (χ3v) is 5.34. The maximum absolute atomic E-state index is 12.5. The van der Waals surface area contributed by atoms with Crippen molar-refractivity contribution in [3.63, 3.8) is 0 Å². The van der Waals surface area contributed by atoms with Gasteiger partial charge >= 0.3 is 12.1 Å². The van der Waals surface area contributed by atoms with E-state index >= 15 is 0 Å². The summed E-state index contributed by atoms with van der Waals surface area (Å²) in [6, 6.07) is 15.6. The van der Waals surface area contributed by atoms with Gasteiger partial charge in [-0.3, -0.25) is 0 Å². The van der Waals surface area contributed by atoms with Crippen LogP contribution in [0.5, 0.6) is 0 Å². The summed E-state index contributed by atoms with van der Waals surface area (Å²) < 4.78 is 10.9. The summed E-state index contributed by atoms with van der Waals surface area (Å²) in [6.45, 7) is 7.79. The fourth-order valence-electron chi connectivity index (χ4n) is 3.85. The molecule has 0 bridgehead atoms. The maximum Gasteiger partial charge on any atom is 0.407 e. The molecular weight excluding hydrogens is 390 g/mol. The van der Waals surface area contributed by atoms with Gasteiger partial charge in [0.1, 0.15) is 19.3 Å². The molecular formula is C26H29NO4. The molecule has 0 saturated heterocycles. The molecule has 5 nitrogen and oxygen atoms in total. The summed E-state index contributed by atoms with van der Waals surface area (Å²) in [5.74, 6) is -0.492. The van der Waals surface area contributed by atoms with Crippen molar-refractivity contribution < 1.29 is 19.1 Å². The van der Waals surface area contributed by atoms with Gasteiger partial charge in [0.15, 0.2) is 0 Å². The molecule has 5 heteroatoms. The number of nitrogens with one attached hydrogen (secondary N) is 1. The molecule has 0 saturated carbocycles. The van der Waals surface area contributed by atoms with Crippen molar-refractivity contribution in [1.29, 1.82) is 0 Å². The number of carbonyl (C=O) groups excluding carboxylic acids is 2. The molecule has 1 N–H and O–H groups in total. The van der Waals surface area contributed by atoms with E-state index in [0.29, 0.717) is 6.42 Å². The van der Waals surface area contributed by atoms with Crippen LogP contribution in [0.2, 0.25) is 0 Å². The lowest BCUT2D eigenvalue weighted by Gasteiger charge is -2.19. The predicted octanol–water partition coefficient (Wildman–Crippen LogP) is 5.37. The third-order valence-electron chi connectivity index (χ3n) is 5.34. The van der Waals surface area contributed by atoms with E-state index in [0.717, 1.165) is 23.1 Å². The highest BCUT2D eigenvalue weighted by Crippen LogP contribution is 2.44. The minimum atomic E-state index is -0.739. The number of benzene rings is 2. The van der Waals surface area contributed by atoms with Gasteiger partial charge in [-0.25, -0.2) is 9.59 Å². The van der Waals surface area contributed by atoms with Crippen LogP contribution in [0.4, 0.5) is 4.79 Å². The molecule has 2 aromatic rings. The maximum atomic E-state index is 12.5. The average Bonchev–Trinajstić information content (AvgIpc) is 3.10. The Kier molecular flexibility index (Phi) is 7.65. The minimum absolute atomic E-state index is 0.0265. The van der Waals surface area contributed by atoms with E-state index in [9.17, 15) is 9.59 Å². The average molecular weight is 420 g/mol. The normalized spacial score (nSPS) is 13.7. The Hall–Kier alpha value is -3.34. The number of allylic oxidation sites excluding steroid dienone is 2. The van der Waals surface area contributed by atoms with Crippen LogP contribution in [0.1, 0.15) is 43.7 Å². The second-order valence-electron chi connectivity index (χ2n) is 7.67. The van der Waals surface area contributed by atoms with Gasteiger partial charge in [-0.2, -0.15) is 0 Å². The van der Waals surface area contributed by atoms with E-state index in [2.05, 4.69) is 36.2 Å². The van der Waals surface area contributed by atoms with Crippen LogP contribution in [0, 0.1) is 0 Å². The first-order chi connectivity index (χ1) is 15.0. The van der Waals surface area contributed by atoms with Crippen LogP contribution < -0.4 is 5.32 Å². The van der Waals surface area contributed by atoms with Crippen LogP contribution in [0.25, 0.3) is 11.1 Å². The molecule has 0 radical (unpaired) electrons. The molecule has 0 fully saturated rings. The highest BCUT2D eigenvalue weighted by molar-refractivity contribution is 5.82. The molecule has 0 aliphatic heterocycles. The molecule has 1 amide bonds. The van der Waals surface area contributed by atoms with E-state index < -0.39 is 18.1 Å². The molecule has 1 aliphatic rings. The van der Waals surface area contributed by atoms with Gasteiger partial charge in [0, 0.05) is 5.92 Å². The van der Waals surface area contributed by atoms with Crippen molar-refractivity contribution in [3.05, 3.63) is 84.0 Å². The Bertz CT molecular complexity index is 933. The van der Waals surface area contributed by atoms with E-state index in [1.807, 2.05) is 38.1 Å². The lowest BCUT2D eigenvalue weighted by atomic mass is 9.98. The van der Waals surface area contributed by atoms with Gasteiger partial charge in [-0.1, -0.05) is 80.6 Å². The highest BCUT2D eigenvalue weighted by atomic mass is 16.6. The molecule has 3 rings (SSSR count). The summed E-state index contributed by atoms with van der Waals surface area (Å²) >= 11 is 0. The number of hydrogen-bond acceptors (Lipinski definition) is 4. The number of alkyl carbamates (subject to hydrolysis) is 1. The number of amides is 1. The predicted molar refractivity (Wildman–Crippen MR) is 122 cm³/mol. The lowest BCUT2D eigenvalue weighted by molar-refractivity contribution is -0.145. The standard InChI is InChI=1S/C26H29NO4/c1-4-10-18(3)16-30-25(28)24(11-5-2)27-26(29)31-17-23-21-14-8-6-12-19(21)20-13-7-9-15-22(20)23/h4,6-10,12-15,23-24H,1,5,11,16-17H2,2-3H3,(H,27,29)/b18-10+/t24-/m0/s1. The Balaban J connectivity index is 1.61. The first kappa shape index (κ1) is 22.3. The number of esters is 1. The zero-order chi connectivity index (χ0) is 22.2. The highest BCUT2D eigenvalue weighted by Gasteiger charge is 2.29. The van der Waals surface area contributed by atoms with Gasteiger partial charge in [0.25, 0.3) is 0 Å². The van der Waals surface area contributed by atoms with Gasteiger partial charge in [0.05, 0.1) is 0 Å². The number of carbonyl (C=O) groups is 2. The summed E-state index contributed by atoms with van der Waals surface area (Å²) in [5, 5.41) is 2.67. The molecule has 0 spiro atoms. The Morgan fingerprint density at radius 2 is 1.68 bits per heavy atom. The first-order valence-corrected chi connectivity index (χ1v) is 10.6. The molecule has 1 atom stereocenters. The summed E-state index contributed by atoms with van der Waals surface area (Å²) in [6.07, 6.45) is 4.01. The summed E-state index contributed by atoms with van der Waals surface area (Å²) in [7, 11) is 0. The molecule has 0 aromatic heterocycles. The number of hydrogen-bond donors (Lipinski definition) is 1. The molecule has 2 aromatic carbocycles. The van der Waals surface area contributed by atoms with Crippen molar-refractivity contribution in [1.82, 2.24) is 5.32 Å². The van der Waals surface area contributed by atoms with Crippen LogP contribution in [0.3, 0.4) is 0 Å². The smallest absolute Gasteiger partial charge is 0.407 e. The molecule has 1 aliphatic carbocycles. The fourth-order valence-corrected chi connectivity index (χ4v) is 3.85. The van der Waals surface area contributed by atoms with E-state index in [1.54, 1.807) is 12.2 Å². The van der Waals surface area contributed by atoms with Crippen molar-refractivity contribution in [2.24, 2.45) is 0 Å². The van der Waals surface area contributed by atoms with Gasteiger partial charge in [-0.15, -0.1) is 0 Å². The first-order valence-electron chi connectivity index (χ1n) is 10.6. The van der Waals surface area contributed by atoms with Gasteiger partial charge in [-0.05, 0) is 41.2 Å². The molecule has 31 heavy (non-hydrogen) atoms. The van der Waals surface area contributed by atoms with E-state index in [4.69, 9.17) is 9.47 Å². The van der Waals surface area contributed by atoms with Crippen LogP contribution in [-0.4, -0.2) is 31.3 Å². The van der Waals surface area contributed by atoms with E-state index in [1.165, 1.54) is 11.1 Å². The number of rotatable bonds is 9. The quantitative estimate of drug-likeness (QED) is 0.438. The van der Waals surface area contributed by atoms with Crippen LogP contribution >= 0.6 is 0 Å². The molecule has 0 heterocycles. The van der Waals surface area contributed by atoms with Crippen LogP contribution in [-0.2, 0) is 14.3 Å². The van der Waals surface area contributed by atoms with Gasteiger partial charge in [0.2, 0.25) is 0 Å². The minimum Gasteiger partial charge on any atom is -0.460 e. The molecule has 0 unspecified atom stereocenters. The lowest BCUT2D eigenvalue weighted by Crippen LogP contribution is -2.42. The third kappa shape index (κ3) is 5.43. The van der Waals surface area contributed by atoms with Crippen molar-refractivity contribution >= 4 is 12.1 Å². The number of fused-ring (bicyclic) bond motifs is 3. The second-order valence-corrected chi connectivity index (χ2v) is 7.67. The molecule has 162 valence electrons. The van der Waals surface area contributed by atoms with Crippen molar-refractivity contribution in [3.8, 4) is 11.1 Å². The zero-order valence-electron chi connectivity index (χ0n) is 18.1. The fraction of sp³-hybridized carbons (Fsp3) is 0.308. The van der Waals surface area contributed by atoms with Gasteiger partial charge < -0.3 is 14.8 Å². The topological polar surface area (TPSA) is 64.6 Å². The second kappa shape index (κ2) is 10.6. The summed E-state index contributed by atoms with van der Waals surface area (Å²) in [5.41, 5.74) is 5.50. The van der Waals surface area contributed by atoms with E-state index in [-0.39, 0.29) is 19.1 Å². The summed E-state index contributed by atoms with van der Waals surface area (Å²) in [4.78, 5) is 24.9. The van der Waals surface area contributed by atoms with Crippen molar-refractivity contribution in [2.45, 2.75) is 38.6 Å². The Morgan fingerprint density at radius 1 is 1.06 bits per heavy atom. The monoisotopic (exact) mass is 419 g/mol. The van der Waals surface area contributed by atoms with Crippen LogP contribution in [0.15, 0.2) is 72.8 Å². The Morgan fingerprint density at radius 3 is 2.26 bits per heavy atom.